The first kappa shape index (κ1) is 13.7. The van der Waals surface area contributed by atoms with Crippen LogP contribution in [0, 0.1) is 5.82 Å². The molecule has 0 aliphatic carbocycles. The standard InChI is InChI=1S/C14H15FN2OS/c1-10(13-7-4-8-19-13)16-9-14(18)17-12-6-3-2-5-11(12)15/h2-8,10,16H,9H2,1H3,(H,17,18)/t10-/m0/s1. The summed E-state index contributed by atoms with van der Waals surface area (Å²) in [5.74, 6) is -0.685. The fraction of sp³-hybridized carbons (Fsp3) is 0.214. The maximum absolute atomic E-state index is 13.3. The molecule has 0 unspecified atom stereocenters. The summed E-state index contributed by atoms with van der Waals surface area (Å²) in [5.41, 5.74) is 0.207. The number of anilines is 1. The van der Waals surface area contributed by atoms with Gasteiger partial charge in [0.15, 0.2) is 0 Å². The van der Waals surface area contributed by atoms with Crippen LogP contribution in [-0.4, -0.2) is 12.5 Å². The lowest BCUT2D eigenvalue weighted by Gasteiger charge is -2.12. The van der Waals surface area contributed by atoms with Gasteiger partial charge in [-0.15, -0.1) is 11.3 Å². The molecule has 19 heavy (non-hydrogen) atoms. The molecule has 1 atom stereocenters. The van der Waals surface area contributed by atoms with E-state index in [2.05, 4.69) is 10.6 Å². The van der Waals surface area contributed by atoms with Crippen LogP contribution in [-0.2, 0) is 4.79 Å². The molecule has 0 saturated carbocycles. The summed E-state index contributed by atoms with van der Waals surface area (Å²) >= 11 is 1.63. The molecule has 1 amide bonds. The Morgan fingerprint density at radius 1 is 1.32 bits per heavy atom. The number of halogens is 1. The Morgan fingerprint density at radius 2 is 2.11 bits per heavy atom. The highest BCUT2D eigenvalue weighted by atomic mass is 32.1. The molecule has 0 saturated heterocycles. The highest BCUT2D eigenvalue weighted by molar-refractivity contribution is 7.10. The van der Waals surface area contributed by atoms with Gasteiger partial charge < -0.3 is 10.6 Å². The monoisotopic (exact) mass is 278 g/mol. The van der Waals surface area contributed by atoms with Crippen molar-refractivity contribution in [3.05, 3.63) is 52.5 Å². The average molecular weight is 278 g/mol. The van der Waals surface area contributed by atoms with Crippen LogP contribution in [0.5, 0.6) is 0 Å². The fourth-order valence-electron chi connectivity index (χ4n) is 1.64. The Kier molecular flexibility index (Phi) is 4.65. The van der Waals surface area contributed by atoms with E-state index in [1.165, 1.54) is 17.0 Å². The van der Waals surface area contributed by atoms with Crippen LogP contribution in [0.2, 0.25) is 0 Å². The van der Waals surface area contributed by atoms with Gasteiger partial charge in [-0.05, 0) is 30.5 Å². The fourth-order valence-corrected chi connectivity index (χ4v) is 2.40. The molecule has 0 aliphatic heterocycles. The molecule has 1 heterocycles. The summed E-state index contributed by atoms with van der Waals surface area (Å²) in [5, 5.41) is 7.63. The van der Waals surface area contributed by atoms with Crippen LogP contribution in [0.25, 0.3) is 0 Å². The van der Waals surface area contributed by atoms with Crippen LogP contribution in [0.4, 0.5) is 10.1 Å². The van der Waals surface area contributed by atoms with Crippen molar-refractivity contribution in [2.45, 2.75) is 13.0 Å². The van der Waals surface area contributed by atoms with Gasteiger partial charge in [-0.1, -0.05) is 18.2 Å². The van der Waals surface area contributed by atoms with Crippen LogP contribution >= 0.6 is 11.3 Å². The lowest BCUT2D eigenvalue weighted by Crippen LogP contribution is -2.30. The van der Waals surface area contributed by atoms with Crippen LogP contribution in [0.1, 0.15) is 17.8 Å². The third-order valence-corrected chi connectivity index (χ3v) is 3.74. The van der Waals surface area contributed by atoms with Gasteiger partial charge in [0.1, 0.15) is 5.82 Å². The molecule has 0 fully saturated rings. The highest BCUT2D eigenvalue weighted by Crippen LogP contribution is 2.17. The third-order valence-electron chi connectivity index (χ3n) is 2.69. The number of nitrogens with one attached hydrogen (secondary N) is 2. The number of hydrogen-bond acceptors (Lipinski definition) is 3. The molecular formula is C14H15FN2OS. The van der Waals surface area contributed by atoms with Gasteiger partial charge in [-0.3, -0.25) is 4.79 Å². The molecule has 1 aromatic heterocycles. The zero-order valence-electron chi connectivity index (χ0n) is 10.5. The molecule has 0 aliphatic rings. The second-order valence-electron chi connectivity index (χ2n) is 4.15. The first-order valence-electron chi connectivity index (χ1n) is 5.98. The predicted octanol–water partition coefficient (Wildman–Crippen LogP) is 3.18. The smallest absolute Gasteiger partial charge is 0.238 e. The van der Waals surface area contributed by atoms with Gasteiger partial charge in [0.25, 0.3) is 0 Å². The number of hydrogen-bond donors (Lipinski definition) is 2. The van der Waals surface area contributed by atoms with E-state index in [1.807, 2.05) is 24.4 Å². The minimum Gasteiger partial charge on any atom is -0.322 e. The van der Waals surface area contributed by atoms with Gasteiger partial charge >= 0.3 is 0 Å². The van der Waals surface area contributed by atoms with Crippen molar-refractivity contribution in [2.75, 3.05) is 11.9 Å². The summed E-state index contributed by atoms with van der Waals surface area (Å²) in [4.78, 5) is 12.9. The Hall–Kier alpha value is -1.72. The van der Waals surface area contributed by atoms with Crippen molar-refractivity contribution in [3.8, 4) is 0 Å². The van der Waals surface area contributed by atoms with E-state index in [4.69, 9.17) is 0 Å². The molecule has 0 spiro atoms. The zero-order chi connectivity index (χ0) is 13.7. The lowest BCUT2D eigenvalue weighted by atomic mass is 10.2. The van der Waals surface area contributed by atoms with E-state index in [0.717, 1.165) is 0 Å². The number of rotatable bonds is 5. The number of carbonyl (C=O) groups excluding carboxylic acids is 1. The summed E-state index contributed by atoms with van der Waals surface area (Å²) in [6, 6.07) is 10.2. The Labute approximate surface area is 115 Å². The van der Waals surface area contributed by atoms with Crippen LogP contribution < -0.4 is 10.6 Å². The molecule has 3 nitrogen and oxygen atoms in total. The number of amides is 1. The van der Waals surface area contributed by atoms with E-state index in [-0.39, 0.29) is 24.2 Å². The van der Waals surface area contributed by atoms with Crippen molar-refractivity contribution in [1.29, 1.82) is 0 Å². The second kappa shape index (κ2) is 6.45. The van der Waals surface area contributed by atoms with Crippen molar-refractivity contribution >= 4 is 22.9 Å². The Balaban J connectivity index is 1.84. The van der Waals surface area contributed by atoms with Gasteiger partial charge in [0.05, 0.1) is 12.2 Å². The average Bonchev–Trinajstić information content (AvgIpc) is 2.93. The Bertz CT molecular complexity index is 542. The molecule has 2 rings (SSSR count). The molecule has 1 aromatic carbocycles. The largest absolute Gasteiger partial charge is 0.322 e. The molecule has 0 radical (unpaired) electrons. The quantitative estimate of drug-likeness (QED) is 0.882. The molecule has 2 N–H and O–H groups in total. The Morgan fingerprint density at radius 3 is 2.79 bits per heavy atom. The first-order chi connectivity index (χ1) is 9.16. The van der Waals surface area contributed by atoms with E-state index >= 15 is 0 Å². The van der Waals surface area contributed by atoms with Crippen molar-refractivity contribution in [2.24, 2.45) is 0 Å². The van der Waals surface area contributed by atoms with Crippen molar-refractivity contribution in [3.63, 3.8) is 0 Å². The highest BCUT2D eigenvalue weighted by Gasteiger charge is 2.09. The molecule has 0 bridgehead atoms. The van der Waals surface area contributed by atoms with Crippen molar-refractivity contribution < 1.29 is 9.18 Å². The third kappa shape index (κ3) is 3.87. The summed E-state index contributed by atoms with van der Waals surface area (Å²) in [7, 11) is 0. The maximum Gasteiger partial charge on any atom is 0.238 e. The maximum atomic E-state index is 13.3. The number of para-hydroxylation sites is 1. The first-order valence-corrected chi connectivity index (χ1v) is 6.86. The summed E-state index contributed by atoms with van der Waals surface area (Å²) in [6.45, 7) is 2.13. The van der Waals surface area contributed by atoms with Gasteiger partial charge in [-0.2, -0.15) is 0 Å². The zero-order valence-corrected chi connectivity index (χ0v) is 11.3. The minimum atomic E-state index is -0.429. The molecule has 2 aromatic rings. The summed E-state index contributed by atoms with van der Waals surface area (Å²) < 4.78 is 13.3. The van der Waals surface area contributed by atoms with Gasteiger partial charge in [0.2, 0.25) is 5.91 Å². The van der Waals surface area contributed by atoms with E-state index < -0.39 is 5.82 Å². The van der Waals surface area contributed by atoms with Crippen LogP contribution in [0.3, 0.4) is 0 Å². The van der Waals surface area contributed by atoms with E-state index in [1.54, 1.807) is 23.5 Å². The molecule has 5 heteroatoms. The van der Waals surface area contributed by atoms with E-state index in [0.29, 0.717) is 0 Å². The predicted molar refractivity (Wildman–Crippen MR) is 75.8 cm³/mol. The number of carbonyl (C=O) groups is 1. The SMILES string of the molecule is C[C@H](NCC(=O)Nc1ccccc1F)c1cccs1. The molecule has 100 valence electrons. The van der Waals surface area contributed by atoms with Gasteiger partial charge in [-0.25, -0.2) is 4.39 Å². The van der Waals surface area contributed by atoms with Gasteiger partial charge in [0, 0.05) is 10.9 Å². The topological polar surface area (TPSA) is 41.1 Å². The minimum absolute atomic E-state index is 0.103. The summed E-state index contributed by atoms with van der Waals surface area (Å²) in [6.07, 6.45) is 0. The second-order valence-corrected chi connectivity index (χ2v) is 5.13. The van der Waals surface area contributed by atoms with Crippen molar-refractivity contribution in [1.82, 2.24) is 5.32 Å². The number of thiophene rings is 1. The number of benzene rings is 1. The lowest BCUT2D eigenvalue weighted by molar-refractivity contribution is -0.115. The van der Waals surface area contributed by atoms with Crippen LogP contribution in [0.15, 0.2) is 41.8 Å². The molecular weight excluding hydrogens is 263 g/mol. The van der Waals surface area contributed by atoms with E-state index in [9.17, 15) is 9.18 Å². The normalized spacial score (nSPS) is 12.1.